The molecular weight excluding hydrogens is 404 g/mol. The predicted molar refractivity (Wildman–Crippen MR) is 126 cm³/mol. The first kappa shape index (κ1) is 23.8. The summed E-state index contributed by atoms with van der Waals surface area (Å²) in [5, 5.41) is 13.0. The van der Waals surface area contributed by atoms with E-state index in [1.807, 2.05) is 42.5 Å². The highest BCUT2D eigenvalue weighted by Crippen LogP contribution is 2.27. The van der Waals surface area contributed by atoms with Gasteiger partial charge in [-0.15, -0.1) is 0 Å². The first-order valence-corrected chi connectivity index (χ1v) is 11.5. The molecule has 0 saturated carbocycles. The van der Waals surface area contributed by atoms with Crippen molar-refractivity contribution in [3.05, 3.63) is 60.0 Å². The standard InChI is InChI=1S/C26H34N2O4/c1-4-5-6-7-8-15-21(24-28-20-14-10-12-17-23(20)31-24)27-18-19-13-9-11-16-22(19)32-26(2,3)25(29)30/h9-14,16-17,21,27H,4-8,15,18H2,1-3H3,(H,29,30). The molecule has 32 heavy (non-hydrogen) atoms. The van der Waals surface area contributed by atoms with Crippen LogP contribution in [0.25, 0.3) is 11.1 Å². The molecule has 0 bridgehead atoms. The normalized spacial score (nSPS) is 12.7. The smallest absolute Gasteiger partial charge is 0.347 e. The number of nitrogens with one attached hydrogen (secondary N) is 1. The van der Waals surface area contributed by atoms with Gasteiger partial charge in [0.2, 0.25) is 5.89 Å². The van der Waals surface area contributed by atoms with Crippen LogP contribution >= 0.6 is 0 Å². The Labute approximate surface area is 190 Å². The maximum absolute atomic E-state index is 11.5. The van der Waals surface area contributed by atoms with Crippen molar-refractivity contribution in [1.82, 2.24) is 10.3 Å². The maximum Gasteiger partial charge on any atom is 0.347 e. The number of unbranched alkanes of at least 4 members (excludes halogenated alkanes) is 4. The number of aliphatic carboxylic acids is 1. The molecular formula is C26H34N2O4. The van der Waals surface area contributed by atoms with Gasteiger partial charge in [-0.1, -0.05) is 69.4 Å². The van der Waals surface area contributed by atoms with Crippen molar-refractivity contribution in [3.63, 3.8) is 0 Å². The summed E-state index contributed by atoms with van der Waals surface area (Å²) < 4.78 is 11.9. The predicted octanol–water partition coefficient (Wildman–Crippen LogP) is 6.26. The van der Waals surface area contributed by atoms with Crippen LogP contribution in [-0.2, 0) is 11.3 Å². The minimum Gasteiger partial charge on any atom is -0.478 e. The summed E-state index contributed by atoms with van der Waals surface area (Å²) in [5.41, 5.74) is 1.23. The van der Waals surface area contributed by atoms with Crippen molar-refractivity contribution < 1.29 is 19.1 Å². The summed E-state index contributed by atoms with van der Waals surface area (Å²) in [6.45, 7) is 5.84. The van der Waals surface area contributed by atoms with Crippen LogP contribution in [0.2, 0.25) is 0 Å². The molecule has 0 aliphatic heterocycles. The lowest BCUT2D eigenvalue weighted by Crippen LogP contribution is -2.38. The third kappa shape index (κ3) is 6.33. The number of rotatable bonds is 13. The number of aromatic nitrogens is 1. The second-order valence-electron chi connectivity index (χ2n) is 8.68. The number of benzene rings is 2. The van der Waals surface area contributed by atoms with Crippen molar-refractivity contribution in [2.75, 3.05) is 0 Å². The molecule has 0 spiro atoms. The topological polar surface area (TPSA) is 84.6 Å². The average Bonchev–Trinajstić information content (AvgIpc) is 3.20. The first-order chi connectivity index (χ1) is 15.4. The number of nitrogens with zero attached hydrogens (tertiary/aromatic N) is 1. The van der Waals surface area contributed by atoms with Crippen LogP contribution < -0.4 is 10.1 Å². The van der Waals surface area contributed by atoms with Crippen molar-refractivity contribution in [1.29, 1.82) is 0 Å². The van der Waals surface area contributed by atoms with Crippen LogP contribution in [0.4, 0.5) is 0 Å². The van der Waals surface area contributed by atoms with Gasteiger partial charge in [0, 0.05) is 12.1 Å². The Balaban J connectivity index is 1.74. The molecule has 1 unspecified atom stereocenters. The number of carbonyl (C=O) groups is 1. The van der Waals surface area contributed by atoms with Gasteiger partial charge in [0.1, 0.15) is 11.3 Å². The molecule has 1 heterocycles. The minimum atomic E-state index is -1.31. The summed E-state index contributed by atoms with van der Waals surface area (Å²) in [7, 11) is 0. The molecule has 3 rings (SSSR count). The quantitative estimate of drug-likeness (QED) is 0.306. The van der Waals surface area contributed by atoms with Gasteiger partial charge in [-0.3, -0.25) is 0 Å². The van der Waals surface area contributed by atoms with Gasteiger partial charge in [-0.2, -0.15) is 0 Å². The fourth-order valence-electron chi connectivity index (χ4n) is 3.61. The molecule has 0 saturated heterocycles. The van der Waals surface area contributed by atoms with E-state index in [1.54, 1.807) is 19.9 Å². The average molecular weight is 439 g/mol. The third-order valence-electron chi connectivity index (χ3n) is 5.60. The Bertz CT molecular complexity index is 979. The first-order valence-electron chi connectivity index (χ1n) is 11.5. The number of carboxylic acids is 1. The lowest BCUT2D eigenvalue weighted by molar-refractivity contribution is -0.152. The molecule has 172 valence electrons. The van der Waals surface area contributed by atoms with Crippen molar-refractivity contribution in [2.24, 2.45) is 0 Å². The zero-order valence-electron chi connectivity index (χ0n) is 19.3. The lowest BCUT2D eigenvalue weighted by atomic mass is 10.1. The number of hydrogen-bond donors (Lipinski definition) is 2. The molecule has 1 atom stereocenters. The molecule has 6 nitrogen and oxygen atoms in total. The van der Waals surface area contributed by atoms with Gasteiger partial charge in [-0.25, -0.2) is 9.78 Å². The van der Waals surface area contributed by atoms with E-state index in [0.29, 0.717) is 18.2 Å². The molecule has 0 radical (unpaired) electrons. The van der Waals surface area contributed by atoms with Gasteiger partial charge in [0.25, 0.3) is 0 Å². The number of para-hydroxylation sites is 3. The van der Waals surface area contributed by atoms with Crippen LogP contribution in [0, 0.1) is 0 Å². The third-order valence-corrected chi connectivity index (χ3v) is 5.60. The monoisotopic (exact) mass is 438 g/mol. The lowest BCUT2D eigenvalue weighted by Gasteiger charge is -2.24. The Hall–Kier alpha value is -2.86. The van der Waals surface area contributed by atoms with E-state index in [9.17, 15) is 9.90 Å². The molecule has 1 aromatic heterocycles. The van der Waals surface area contributed by atoms with E-state index < -0.39 is 11.6 Å². The molecule has 0 aliphatic rings. The van der Waals surface area contributed by atoms with Gasteiger partial charge in [0.05, 0.1) is 6.04 Å². The summed E-state index contributed by atoms with van der Waals surface area (Å²) >= 11 is 0. The Kier molecular flexibility index (Phi) is 8.28. The van der Waals surface area contributed by atoms with E-state index in [1.165, 1.54) is 25.7 Å². The number of hydrogen-bond acceptors (Lipinski definition) is 5. The molecule has 2 N–H and O–H groups in total. The molecule has 0 fully saturated rings. The largest absolute Gasteiger partial charge is 0.478 e. The highest BCUT2D eigenvalue weighted by Gasteiger charge is 2.30. The minimum absolute atomic E-state index is 0.0374. The Morgan fingerprint density at radius 3 is 2.56 bits per heavy atom. The number of oxazole rings is 1. The number of carboxylic acid groups (broad SMARTS) is 1. The summed E-state index contributed by atoms with van der Waals surface area (Å²) in [6, 6.07) is 15.3. The van der Waals surface area contributed by atoms with Crippen molar-refractivity contribution in [3.8, 4) is 5.75 Å². The second kappa shape index (κ2) is 11.1. The second-order valence-corrected chi connectivity index (χ2v) is 8.68. The maximum atomic E-state index is 11.5. The molecule has 6 heteroatoms. The Morgan fingerprint density at radius 2 is 1.81 bits per heavy atom. The van der Waals surface area contributed by atoms with Crippen molar-refractivity contribution in [2.45, 2.75) is 77.5 Å². The summed E-state index contributed by atoms with van der Waals surface area (Å²) in [5.74, 6) is 0.245. The summed E-state index contributed by atoms with van der Waals surface area (Å²) in [4.78, 5) is 16.2. The van der Waals surface area contributed by atoms with E-state index in [2.05, 4.69) is 12.2 Å². The van der Waals surface area contributed by atoms with E-state index in [4.69, 9.17) is 14.1 Å². The molecule has 3 aromatic rings. The van der Waals surface area contributed by atoms with Gasteiger partial charge < -0.3 is 19.6 Å². The van der Waals surface area contributed by atoms with Crippen LogP contribution in [-0.4, -0.2) is 21.7 Å². The van der Waals surface area contributed by atoms with E-state index >= 15 is 0 Å². The van der Waals surface area contributed by atoms with Gasteiger partial charge >= 0.3 is 5.97 Å². The van der Waals surface area contributed by atoms with Crippen LogP contribution in [0.15, 0.2) is 52.9 Å². The fourth-order valence-corrected chi connectivity index (χ4v) is 3.61. The van der Waals surface area contributed by atoms with E-state index in [-0.39, 0.29) is 6.04 Å². The zero-order chi connectivity index (χ0) is 23.0. The highest BCUT2D eigenvalue weighted by molar-refractivity contribution is 5.76. The molecule has 2 aromatic carbocycles. The molecule has 0 aliphatic carbocycles. The Morgan fingerprint density at radius 1 is 1.09 bits per heavy atom. The van der Waals surface area contributed by atoms with Gasteiger partial charge in [-0.05, 0) is 38.5 Å². The van der Waals surface area contributed by atoms with E-state index in [0.717, 1.165) is 29.5 Å². The van der Waals surface area contributed by atoms with Crippen LogP contribution in [0.3, 0.4) is 0 Å². The zero-order valence-corrected chi connectivity index (χ0v) is 19.3. The van der Waals surface area contributed by atoms with Crippen molar-refractivity contribution >= 4 is 17.1 Å². The number of ether oxygens (including phenoxy) is 1. The number of fused-ring (bicyclic) bond motifs is 1. The fraction of sp³-hybridized carbons (Fsp3) is 0.462. The highest BCUT2D eigenvalue weighted by atomic mass is 16.5. The SMILES string of the molecule is CCCCCCCC(NCc1ccccc1OC(C)(C)C(=O)O)c1nc2ccccc2o1. The van der Waals surface area contributed by atoms with Crippen LogP contribution in [0.1, 0.15) is 76.8 Å². The molecule has 0 amide bonds. The van der Waals surface area contributed by atoms with Crippen LogP contribution in [0.5, 0.6) is 5.75 Å². The summed E-state index contributed by atoms with van der Waals surface area (Å²) in [6.07, 6.45) is 6.89. The van der Waals surface area contributed by atoms with Gasteiger partial charge in [0.15, 0.2) is 11.2 Å².